The highest BCUT2D eigenvalue weighted by Gasteiger charge is 2.11. The molecular weight excluding hydrogens is 386 g/mol. The monoisotopic (exact) mass is 393 g/mol. The zero-order chi connectivity index (χ0) is 16.8. The van der Waals surface area contributed by atoms with Crippen LogP contribution < -0.4 is 5.32 Å². The average molecular weight is 395 g/mol. The number of hydrogen-bond acceptors (Lipinski definition) is 5. The van der Waals surface area contributed by atoms with Gasteiger partial charge in [-0.15, -0.1) is 0 Å². The summed E-state index contributed by atoms with van der Waals surface area (Å²) in [7, 11) is 0. The van der Waals surface area contributed by atoms with Crippen molar-refractivity contribution in [2.45, 2.75) is 0 Å². The second kappa shape index (κ2) is 7.72. The molecule has 0 saturated carbocycles. The van der Waals surface area contributed by atoms with Crippen molar-refractivity contribution in [3.05, 3.63) is 57.3 Å². The molecule has 0 bridgehead atoms. The predicted octanol–water partition coefficient (Wildman–Crippen LogP) is 3.16. The fourth-order valence-corrected chi connectivity index (χ4v) is 2.21. The number of halogens is 2. The Kier molecular flexibility index (Phi) is 5.68. The number of carbonyl (C=O) groups is 2. The largest absolute Gasteiger partial charge is 0.452 e. The Morgan fingerprint density at radius 2 is 2.13 bits per heavy atom. The second-order valence-corrected chi connectivity index (χ2v) is 5.65. The number of benzene rings is 1. The number of esters is 1. The number of pyridine rings is 1. The highest BCUT2D eigenvalue weighted by atomic mass is 79.9. The van der Waals surface area contributed by atoms with Crippen LogP contribution in [0.3, 0.4) is 0 Å². The zero-order valence-electron chi connectivity index (χ0n) is 11.5. The third-order valence-corrected chi connectivity index (χ3v) is 3.39. The van der Waals surface area contributed by atoms with Gasteiger partial charge in [0.05, 0.1) is 16.1 Å². The summed E-state index contributed by atoms with van der Waals surface area (Å²) in [6.45, 7) is -0.455. The lowest BCUT2D eigenvalue weighted by Gasteiger charge is -2.07. The molecule has 6 nitrogen and oxygen atoms in total. The Balaban J connectivity index is 1.91. The lowest BCUT2D eigenvalue weighted by atomic mass is 10.2. The van der Waals surface area contributed by atoms with Crippen LogP contribution in [-0.4, -0.2) is 23.5 Å². The van der Waals surface area contributed by atoms with Crippen LogP contribution in [0.15, 0.2) is 41.1 Å². The van der Waals surface area contributed by atoms with Crippen LogP contribution in [0, 0.1) is 11.3 Å². The van der Waals surface area contributed by atoms with Gasteiger partial charge in [0.15, 0.2) is 6.61 Å². The Labute approximate surface area is 145 Å². The van der Waals surface area contributed by atoms with Crippen molar-refractivity contribution in [3.63, 3.8) is 0 Å². The van der Waals surface area contributed by atoms with E-state index in [9.17, 15) is 9.59 Å². The number of nitrogens with zero attached hydrogens (tertiary/aromatic N) is 2. The molecule has 0 aliphatic carbocycles. The summed E-state index contributed by atoms with van der Waals surface area (Å²) in [5.41, 5.74) is 0.936. The molecule has 1 N–H and O–H groups in total. The van der Waals surface area contributed by atoms with E-state index in [1.807, 2.05) is 6.07 Å². The number of nitriles is 1. The fourth-order valence-electron chi connectivity index (χ4n) is 1.62. The van der Waals surface area contributed by atoms with Gasteiger partial charge in [-0.2, -0.15) is 5.26 Å². The maximum absolute atomic E-state index is 11.8. The van der Waals surface area contributed by atoms with E-state index in [-0.39, 0.29) is 10.6 Å². The number of hydrogen-bond donors (Lipinski definition) is 1. The van der Waals surface area contributed by atoms with Crippen molar-refractivity contribution >= 4 is 45.1 Å². The molecule has 0 aliphatic heterocycles. The summed E-state index contributed by atoms with van der Waals surface area (Å²) in [6, 6.07) is 7.91. The number of carbonyl (C=O) groups excluding carboxylic acids is 2. The Morgan fingerprint density at radius 3 is 2.78 bits per heavy atom. The average Bonchev–Trinajstić information content (AvgIpc) is 2.53. The molecule has 1 heterocycles. The molecule has 0 aliphatic rings. The van der Waals surface area contributed by atoms with Crippen molar-refractivity contribution in [2.75, 3.05) is 11.9 Å². The maximum Gasteiger partial charge on any atom is 0.340 e. The van der Waals surface area contributed by atoms with Crippen LogP contribution in [0.25, 0.3) is 0 Å². The van der Waals surface area contributed by atoms with E-state index in [1.54, 1.807) is 0 Å². The minimum Gasteiger partial charge on any atom is -0.452 e. The molecular formula is C15H9BrClN3O3. The molecule has 8 heteroatoms. The summed E-state index contributed by atoms with van der Waals surface area (Å²) in [6.07, 6.45) is 2.86. The van der Waals surface area contributed by atoms with E-state index in [1.165, 1.54) is 36.7 Å². The first kappa shape index (κ1) is 16.9. The van der Waals surface area contributed by atoms with E-state index >= 15 is 0 Å². The molecule has 0 unspecified atom stereocenters. The van der Waals surface area contributed by atoms with Gasteiger partial charge in [-0.05, 0) is 40.2 Å². The maximum atomic E-state index is 11.8. The molecule has 0 atom stereocenters. The van der Waals surface area contributed by atoms with Gasteiger partial charge in [-0.3, -0.25) is 9.78 Å². The summed E-state index contributed by atoms with van der Waals surface area (Å²) in [5, 5.41) is 11.5. The van der Waals surface area contributed by atoms with Crippen LogP contribution in [-0.2, 0) is 9.53 Å². The van der Waals surface area contributed by atoms with Gasteiger partial charge in [0.2, 0.25) is 0 Å². The second-order valence-electron chi connectivity index (χ2n) is 4.32. The lowest BCUT2D eigenvalue weighted by molar-refractivity contribution is -0.119. The van der Waals surface area contributed by atoms with Crippen molar-refractivity contribution in [1.29, 1.82) is 5.26 Å². The molecule has 23 heavy (non-hydrogen) atoms. The number of rotatable bonds is 4. The van der Waals surface area contributed by atoms with Gasteiger partial charge in [0.25, 0.3) is 5.91 Å². The smallest absolute Gasteiger partial charge is 0.340 e. The van der Waals surface area contributed by atoms with Crippen molar-refractivity contribution in [3.8, 4) is 6.07 Å². The molecule has 116 valence electrons. The minimum absolute atomic E-state index is 0.225. The fraction of sp³-hybridized carbons (Fsp3) is 0.0667. The number of ether oxygens (including phenoxy) is 1. The highest BCUT2D eigenvalue weighted by Crippen LogP contribution is 2.20. The van der Waals surface area contributed by atoms with E-state index in [0.717, 1.165) is 0 Å². The quantitative estimate of drug-likeness (QED) is 0.804. The van der Waals surface area contributed by atoms with Crippen molar-refractivity contribution in [1.82, 2.24) is 4.98 Å². The molecule has 0 spiro atoms. The van der Waals surface area contributed by atoms with Gasteiger partial charge in [0, 0.05) is 22.6 Å². The van der Waals surface area contributed by atoms with Gasteiger partial charge < -0.3 is 10.1 Å². The molecule has 1 aromatic heterocycles. The third kappa shape index (κ3) is 4.77. The summed E-state index contributed by atoms with van der Waals surface area (Å²) in [4.78, 5) is 27.4. The first-order valence-electron chi connectivity index (χ1n) is 6.27. The van der Waals surface area contributed by atoms with E-state index in [0.29, 0.717) is 15.7 Å². The summed E-state index contributed by atoms with van der Waals surface area (Å²) >= 11 is 9.05. The predicted molar refractivity (Wildman–Crippen MR) is 87.0 cm³/mol. The number of nitrogens with one attached hydrogen (secondary N) is 1. The van der Waals surface area contributed by atoms with E-state index in [4.69, 9.17) is 21.6 Å². The van der Waals surface area contributed by atoms with Gasteiger partial charge >= 0.3 is 5.97 Å². The van der Waals surface area contributed by atoms with E-state index < -0.39 is 18.5 Å². The van der Waals surface area contributed by atoms with Gasteiger partial charge in [-0.1, -0.05) is 11.6 Å². The number of amides is 1. The van der Waals surface area contributed by atoms with E-state index in [2.05, 4.69) is 26.2 Å². The number of anilines is 1. The van der Waals surface area contributed by atoms with Crippen LogP contribution in [0.2, 0.25) is 5.02 Å². The third-order valence-electron chi connectivity index (χ3n) is 2.65. The Bertz CT molecular complexity index is 805. The zero-order valence-corrected chi connectivity index (χ0v) is 13.9. The first-order chi connectivity index (χ1) is 11.0. The molecule has 0 radical (unpaired) electrons. The number of aromatic nitrogens is 1. The first-order valence-corrected chi connectivity index (χ1v) is 7.44. The Morgan fingerprint density at radius 1 is 1.35 bits per heavy atom. The molecule has 2 rings (SSSR count). The van der Waals surface area contributed by atoms with Gasteiger partial charge in [0.1, 0.15) is 6.07 Å². The topological polar surface area (TPSA) is 92.1 Å². The van der Waals surface area contributed by atoms with Crippen LogP contribution in [0.1, 0.15) is 15.9 Å². The van der Waals surface area contributed by atoms with Crippen LogP contribution in [0.5, 0.6) is 0 Å². The summed E-state index contributed by atoms with van der Waals surface area (Å²) < 4.78 is 5.52. The normalized spacial score (nSPS) is 9.78. The molecule has 0 saturated heterocycles. The standard InChI is InChI=1S/C15H9BrClN3O3/c16-11-3-10(6-19-7-11)15(22)23-8-14(21)20-12-2-1-9(5-18)13(17)4-12/h1-4,6-7H,8H2,(H,20,21). The molecule has 1 aromatic carbocycles. The molecule has 2 aromatic rings. The lowest BCUT2D eigenvalue weighted by Crippen LogP contribution is -2.21. The van der Waals surface area contributed by atoms with Crippen LogP contribution >= 0.6 is 27.5 Å². The highest BCUT2D eigenvalue weighted by molar-refractivity contribution is 9.10. The van der Waals surface area contributed by atoms with Gasteiger partial charge in [-0.25, -0.2) is 4.79 Å². The minimum atomic E-state index is -0.660. The Hall–Kier alpha value is -2.43. The molecule has 1 amide bonds. The van der Waals surface area contributed by atoms with Crippen molar-refractivity contribution in [2.24, 2.45) is 0 Å². The SMILES string of the molecule is N#Cc1ccc(NC(=O)COC(=O)c2cncc(Br)c2)cc1Cl. The van der Waals surface area contributed by atoms with Crippen LogP contribution in [0.4, 0.5) is 5.69 Å². The van der Waals surface area contributed by atoms with Crippen molar-refractivity contribution < 1.29 is 14.3 Å². The summed E-state index contributed by atoms with van der Waals surface area (Å²) in [5.74, 6) is -1.19. The molecule has 0 fully saturated rings.